The number of nitrogens with zero attached hydrogens (tertiary/aromatic N) is 1. The minimum atomic E-state index is -0.670. The molecule has 0 fully saturated rings. The highest BCUT2D eigenvalue weighted by Gasteiger charge is 2.18. The Labute approximate surface area is 302 Å². The number of carbonyl (C=O) groups excluding carboxylic acids is 4. The molecular weight excluding hydrogens is 674 g/mol. The summed E-state index contributed by atoms with van der Waals surface area (Å²) in [6.45, 7) is 0. The summed E-state index contributed by atoms with van der Waals surface area (Å²) < 4.78 is 16.8. The first-order valence-electron chi connectivity index (χ1n) is 16.2. The highest BCUT2D eigenvalue weighted by molar-refractivity contribution is 6.11. The van der Waals surface area contributed by atoms with Gasteiger partial charge in [0.15, 0.2) is 17.3 Å². The summed E-state index contributed by atoms with van der Waals surface area (Å²) in [7, 11) is 0. The number of aromatic nitrogens is 1. The zero-order valence-electron chi connectivity index (χ0n) is 27.6. The van der Waals surface area contributed by atoms with Crippen LogP contribution in [0.15, 0.2) is 156 Å². The minimum absolute atomic E-state index is 0.0722. The Morgan fingerprint density at radius 1 is 0.491 bits per heavy atom. The molecule has 0 aliphatic carbocycles. The summed E-state index contributed by atoms with van der Waals surface area (Å²) in [5, 5.41) is 20.9. The largest absolute Gasteiger partial charge is 0.507 e. The number of benzene rings is 6. The molecule has 0 aliphatic rings. The number of aromatic hydroxyl groups is 2. The van der Waals surface area contributed by atoms with Gasteiger partial charge in [0.2, 0.25) is 5.89 Å². The standard InChI is InChI=1S/C43H27NO9/c45-36-23-32(19-21-34(36)39(47)27-7-3-1-4-8-27)51-42(49)30-15-11-26(12-16-30)38-25-44-41(53-38)29-13-17-31(18-14-29)43(50)52-33-20-22-35(37(46)24-33)40(48)28-9-5-2-6-10-28/h1-25,45-46H. The van der Waals surface area contributed by atoms with Gasteiger partial charge < -0.3 is 24.1 Å². The lowest BCUT2D eigenvalue weighted by Gasteiger charge is -2.08. The number of ketones is 2. The van der Waals surface area contributed by atoms with Crippen LogP contribution in [0.3, 0.4) is 0 Å². The quantitative estimate of drug-likeness (QED) is 0.0809. The number of carbonyl (C=O) groups is 4. The van der Waals surface area contributed by atoms with Crippen molar-refractivity contribution in [3.05, 3.63) is 185 Å². The molecule has 1 aromatic heterocycles. The number of hydrogen-bond acceptors (Lipinski definition) is 10. The molecule has 1 heterocycles. The average Bonchev–Trinajstić information content (AvgIpc) is 3.69. The Hall–Kier alpha value is -7.59. The molecule has 0 amide bonds. The van der Waals surface area contributed by atoms with E-state index in [1.165, 1.54) is 42.6 Å². The van der Waals surface area contributed by atoms with Crippen molar-refractivity contribution < 1.29 is 43.3 Å². The van der Waals surface area contributed by atoms with Gasteiger partial charge in [-0.15, -0.1) is 0 Å². The van der Waals surface area contributed by atoms with Crippen LogP contribution >= 0.6 is 0 Å². The summed E-state index contributed by atoms with van der Waals surface area (Å²) >= 11 is 0. The van der Waals surface area contributed by atoms with Gasteiger partial charge in [-0.2, -0.15) is 0 Å². The van der Waals surface area contributed by atoms with Gasteiger partial charge >= 0.3 is 11.9 Å². The lowest BCUT2D eigenvalue weighted by Crippen LogP contribution is -2.09. The molecule has 6 aromatic carbocycles. The number of rotatable bonds is 10. The van der Waals surface area contributed by atoms with E-state index < -0.39 is 11.9 Å². The van der Waals surface area contributed by atoms with E-state index in [1.54, 1.807) is 109 Å². The van der Waals surface area contributed by atoms with E-state index in [0.717, 1.165) is 0 Å². The van der Waals surface area contributed by atoms with Crippen LogP contribution in [-0.2, 0) is 0 Å². The number of esters is 2. The number of phenols is 2. The maximum absolute atomic E-state index is 12.8. The van der Waals surface area contributed by atoms with Crippen LogP contribution in [0.1, 0.15) is 52.6 Å². The van der Waals surface area contributed by atoms with Gasteiger partial charge in [-0.05, 0) is 60.7 Å². The molecule has 7 aromatic rings. The molecule has 0 atom stereocenters. The van der Waals surface area contributed by atoms with E-state index in [4.69, 9.17) is 13.9 Å². The molecule has 258 valence electrons. The summed E-state index contributed by atoms with van der Waals surface area (Å²) in [4.78, 5) is 55.4. The molecule has 0 saturated carbocycles. The molecule has 2 N–H and O–H groups in total. The molecule has 0 spiro atoms. The fraction of sp³-hybridized carbons (Fsp3) is 0. The first-order valence-corrected chi connectivity index (χ1v) is 16.2. The molecule has 53 heavy (non-hydrogen) atoms. The van der Waals surface area contributed by atoms with E-state index in [9.17, 15) is 29.4 Å². The number of phenolic OH excluding ortho intramolecular Hbond substituents is 2. The Morgan fingerprint density at radius 3 is 1.36 bits per heavy atom. The Balaban J connectivity index is 0.961. The predicted molar refractivity (Wildman–Crippen MR) is 193 cm³/mol. The van der Waals surface area contributed by atoms with E-state index in [1.807, 2.05) is 0 Å². The predicted octanol–water partition coefficient (Wildman–Crippen LogP) is 8.32. The Kier molecular flexibility index (Phi) is 9.41. The van der Waals surface area contributed by atoms with E-state index in [0.29, 0.717) is 33.9 Å². The third-order valence-electron chi connectivity index (χ3n) is 8.20. The van der Waals surface area contributed by atoms with Crippen molar-refractivity contribution in [3.8, 4) is 45.8 Å². The van der Waals surface area contributed by atoms with Crippen LogP contribution in [0.5, 0.6) is 23.0 Å². The highest BCUT2D eigenvalue weighted by Crippen LogP contribution is 2.30. The summed E-state index contributed by atoms with van der Waals surface area (Å²) in [6.07, 6.45) is 1.53. The second kappa shape index (κ2) is 14.7. The third-order valence-corrected chi connectivity index (χ3v) is 8.20. The molecule has 7 rings (SSSR count). The summed E-state index contributed by atoms with van der Waals surface area (Å²) in [5.41, 5.74) is 2.72. The number of hydrogen-bond donors (Lipinski definition) is 2. The Morgan fingerprint density at radius 2 is 0.925 bits per heavy atom. The first kappa shape index (κ1) is 33.9. The van der Waals surface area contributed by atoms with Crippen molar-refractivity contribution in [1.82, 2.24) is 4.98 Å². The average molecular weight is 702 g/mol. The van der Waals surface area contributed by atoms with E-state index in [-0.39, 0.29) is 56.8 Å². The van der Waals surface area contributed by atoms with Gasteiger partial charge in [-0.1, -0.05) is 72.8 Å². The third kappa shape index (κ3) is 7.47. The van der Waals surface area contributed by atoms with Crippen molar-refractivity contribution in [2.24, 2.45) is 0 Å². The van der Waals surface area contributed by atoms with Crippen LogP contribution in [0.25, 0.3) is 22.8 Å². The van der Waals surface area contributed by atoms with Crippen LogP contribution in [0.4, 0.5) is 0 Å². The van der Waals surface area contributed by atoms with Crippen LogP contribution in [-0.4, -0.2) is 38.7 Å². The summed E-state index contributed by atoms with van der Waals surface area (Å²) in [6, 6.07) is 38.0. The van der Waals surface area contributed by atoms with Gasteiger partial charge in [0.25, 0.3) is 0 Å². The van der Waals surface area contributed by atoms with Gasteiger partial charge in [0.1, 0.15) is 23.0 Å². The van der Waals surface area contributed by atoms with E-state index >= 15 is 0 Å². The van der Waals surface area contributed by atoms with Crippen molar-refractivity contribution in [1.29, 1.82) is 0 Å². The highest BCUT2D eigenvalue weighted by atomic mass is 16.5. The second-order valence-corrected chi connectivity index (χ2v) is 11.7. The maximum atomic E-state index is 12.8. The van der Waals surface area contributed by atoms with Crippen molar-refractivity contribution in [2.45, 2.75) is 0 Å². The van der Waals surface area contributed by atoms with Crippen molar-refractivity contribution in [2.75, 3.05) is 0 Å². The second-order valence-electron chi connectivity index (χ2n) is 11.7. The van der Waals surface area contributed by atoms with Gasteiger partial charge in [0, 0.05) is 34.4 Å². The zero-order chi connectivity index (χ0) is 36.9. The van der Waals surface area contributed by atoms with Crippen molar-refractivity contribution in [3.63, 3.8) is 0 Å². The lowest BCUT2D eigenvalue weighted by atomic mass is 10.0. The fourth-order valence-corrected chi connectivity index (χ4v) is 5.42. The molecular formula is C43H27NO9. The molecule has 0 bridgehead atoms. The fourth-order valence-electron chi connectivity index (χ4n) is 5.42. The summed E-state index contributed by atoms with van der Waals surface area (Å²) in [5.74, 6) is -1.80. The van der Waals surface area contributed by atoms with Gasteiger partial charge in [-0.25, -0.2) is 14.6 Å². The zero-order valence-corrected chi connectivity index (χ0v) is 27.6. The van der Waals surface area contributed by atoms with Crippen LogP contribution in [0.2, 0.25) is 0 Å². The van der Waals surface area contributed by atoms with Crippen LogP contribution < -0.4 is 9.47 Å². The van der Waals surface area contributed by atoms with Gasteiger partial charge in [0.05, 0.1) is 28.5 Å². The molecule has 10 heteroatoms. The maximum Gasteiger partial charge on any atom is 0.343 e. The van der Waals surface area contributed by atoms with Gasteiger partial charge in [-0.3, -0.25) is 9.59 Å². The van der Waals surface area contributed by atoms with E-state index in [2.05, 4.69) is 4.98 Å². The first-order chi connectivity index (χ1) is 25.7. The Bertz CT molecular complexity index is 2300. The number of oxazole rings is 1. The SMILES string of the molecule is O=C(Oc1ccc(C(=O)c2ccccc2)c(O)c1)c1ccc(-c2cnc(-c3ccc(C(=O)Oc4ccc(C(=O)c5ccccc5)c(O)c4)cc3)o2)cc1. The monoisotopic (exact) mass is 701 g/mol. The topological polar surface area (TPSA) is 153 Å². The number of ether oxygens (including phenoxy) is 2. The van der Waals surface area contributed by atoms with Crippen LogP contribution in [0, 0.1) is 0 Å². The molecule has 0 saturated heterocycles. The smallest absolute Gasteiger partial charge is 0.343 e. The lowest BCUT2D eigenvalue weighted by molar-refractivity contribution is 0.0724. The van der Waals surface area contributed by atoms with Crippen molar-refractivity contribution >= 4 is 23.5 Å². The molecule has 10 nitrogen and oxygen atoms in total. The molecule has 0 unspecified atom stereocenters. The molecule has 0 radical (unpaired) electrons. The molecule has 0 aliphatic heterocycles. The minimum Gasteiger partial charge on any atom is -0.507 e. The normalized spacial score (nSPS) is 10.7.